The second kappa shape index (κ2) is 11.2. The molecule has 0 spiro atoms. The van der Waals surface area contributed by atoms with Crippen LogP contribution in [0.5, 0.6) is 0 Å². The molecule has 5 nitrogen and oxygen atoms in total. The van der Waals surface area contributed by atoms with E-state index in [9.17, 15) is 5.26 Å². The minimum atomic E-state index is -0.731. The number of nitriles is 1. The number of para-hydroxylation sites is 4. The number of nitrogens with zero attached hydrogens (tertiary/aromatic N) is 3. The summed E-state index contributed by atoms with van der Waals surface area (Å²) in [5, 5.41) is 19.0. The Kier molecular flexibility index (Phi) is 6.13. The van der Waals surface area contributed by atoms with Gasteiger partial charge < -0.3 is 18.0 Å². The van der Waals surface area contributed by atoms with Gasteiger partial charge in [-0.1, -0.05) is 78.9 Å². The summed E-state index contributed by atoms with van der Waals surface area (Å²) in [7, 11) is 0. The van der Waals surface area contributed by atoms with E-state index in [1.54, 1.807) is 6.07 Å². The van der Waals surface area contributed by atoms with Crippen LogP contribution in [0, 0.1) is 23.0 Å². The van der Waals surface area contributed by atoms with Gasteiger partial charge in [-0.25, -0.2) is 8.78 Å². The highest BCUT2D eigenvalue weighted by atomic mass is 19.1. The summed E-state index contributed by atoms with van der Waals surface area (Å²) in [6, 6.07) is 49.8. The molecule has 4 aromatic heterocycles. The van der Waals surface area contributed by atoms with Gasteiger partial charge in [-0.3, -0.25) is 0 Å². The van der Waals surface area contributed by atoms with Crippen molar-refractivity contribution in [1.29, 1.82) is 5.26 Å². The molecule has 0 saturated carbocycles. The Balaban J connectivity index is 1.33. The highest BCUT2D eigenvalue weighted by Crippen LogP contribution is 2.47. The molecule has 0 fully saturated rings. The maximum absolute atomic E-state index is 16.1. The van der Waals surface area contributed by atoms with Gasteiger partial charge in [0.1, 0.15) is 45.6 Å². The molecule has 7 heteroatoms. The molecule has 8 aromatic carbocycles. The van der Waals surface area contributed by atoms with Crippen LogP contribution in [0.15, 0.2) is 160 Å². The van der Waals surface area contributed by atoms with E-state index in [2.05, 4.69) is 22.8 Å². The normalized spacial score (nSPS) is 12.1. The van der Waals surface area contributed by atoms with Crippen LogP contribution in [0.25, 0.3) is 110 Å². The van der Waals surface area contributed by atoms with Gasteiger partial charge in [0.25, 0.3) is 0 Å². The third kappa shape index (κ3) is 3.94. The van der Waals surface area contributed by atoms with Crippen molar-refractivity contribution in [2.45, 2.75) is 0 Å². The van der Waals surface area contributed by atoms with Crippen molar-refractivity contribution >= 4 is 87.5 Å². The minimum Gasteiger partial charge on any atom is -0.456 e. The number of benzene rings is 8. The van der Waals surface area contributed by atoms with E-state index >= 15 is 8.78 Å². The van der Waals surface area contributed by atoms with Crippen molar-refractivity contribution in [2.75, 3.05) is 0 Å². The number of hydrogen-bond donors (Lipinski definition) is 0. The van der Waals surface area contributed by atoms with Gasteiger partial charge in [-0.15, -0.1) is 0 Å². The summed E-state index contributed by atoms with van der Waals surface area (Å²) < 4.78 is 49.2. The Morgan fingerprint density at radius 2 is 0.946 bits per heavy atom. The summed E-state index contributed by atoms with van der Waals surface area (Å²) in [5.74, 6) is -1.46. The van der Waals surface area contributed by atoms with E-state index in [4.69, 9.17) is 8.83 Å². The van der Waals surface area contributed by atoms with Crippen LogP contribution >= 0.6 is 0 Å². The van der Waals surface area contributed by atoms with Crippen LogP contribution in [0.3, 0.4) is 0 Å². The lowest BCUT2D eigenvalue weighted by atomic mass is 9.97. The van der Waals surface area contributed by atoms with Gasteiger partial charge in [0.15, 0.2) is 0 Å². The highest BCUT2D eigenvalue weighted by Gasteiger charge is 2.28. The van der Waals surface area contributed by atoms with Crippen molar-refractivity contribution < 1.29 is 17.6 Å². The first-order valence-electron chi connectivity index (χ1n) is 18.3. The van der Waals surface area contributed by atoms with E-state index in [0.717, 1.165) is 70.7 Å². The quantitative estimate of drug-likeness (QED) is 0.182. The zero-order chi connectivity index (χ0) is 37.2. The summed E-state index contributed by atoms with van der Waals surface area (Å²) >= 11 is 0. The molecule has 12 aromatic rings. The van der Waals surface area contributed by atoms with Crippen LogP contribution in [0.2, 0.25) is 0 Å². The lowest BCUT2D eigenvalue weighted by molar-refractivity contribution is 0.589. The number of rotatable bonds is 3. The third-order valence-corrected chi connectivity index (χ3v) is 11.3. The molecule has 0 radical (unpaired) electrons. The lowest BCUT2D eigenvalue weighted by Crippen LogP contribution is -2.07. The van der Waals surface area contributed by atoms with Crippen molar-refractivity contribution in [3.63, 3.8) is 0 Å². The maximum atomic E-state index is 16.1. The maximum Gasteiger partial charge on any atom is 0.137 e. The van der Waals surface area contributed by atoms with E-state index < -0.39 is 11.6 Å². The first-order chi connectivity index (χ1) is 27.6. The Morgan fingerprint density at radius 1 is 0.446 bits per heavy atom. The van der Waals surface area contributed by atoms with Gasteiger partial charge in [0.05, 0.1) is 49.8 Å². The Hall–Kier alpha value is -7.69. The van der Waals surface area contributed by atoms with E-state index in [1.807, 2.05) is 120 Å². The molecule has 12 rings (SSSR count). The van der Waals surface area contributed by atoms with E-state index in [0.29, 0.717) is 28.1 Å². The number of furan rings is 2. The number of hydrogen-bond acceptors (Lipinski definition) is 3. The lowest BCUT2D eigenvalue weighted by Gasteiger charge is -2.20. The molecule has 56 heavy (non-hydrogen) atoms. The van der Waals surface area contributed by atoms with Crippen molar-refractivity contribution in [3.05, 3.63) is 169 Å². The molecular weight excluding hydrogens is 701 g/mol. The Morgan fingerprint density at radius 3 is 1.52 bits per heavy atom. The molecule has 0 bridgehead atoms. The first-order valence-corrected chi connectivity index (χ1v) is 18.3. The highest BCUT2D eigenvalue weighted by molar-refractivity contribution is 6.26. The Bertz CT molecular complexity index is 3690. The van der Waals surface area contributed by atoms with Crippen LogP contribution in [0.4, 0.5) is 8.78 Å². The van der Waals surface area contributed by atoms with Crippen LogP contribution < -0.4 is 0 Å². The smallest absolute Gasteiger partial charge is 0.137 e. The fourth-order valence-corrected chi connectivity index (χ4v) is 9.08. The van der Waals surface area contributed by atoms with Crippen LogP contribution in [0.1, 0.15) is 5.56 Å². The molecule has 0 saturated heterocycles. The molecule has 0 amide bonds. The van der Waals surface area contributed by atoms with Gasteiger partial charge >= 0.3 is 0 Å². The molecule has 262 valence electrons. The monoisotopic (exact) mass is 725 g/mol. The zero-order valence-corrected chi connectivity index (χ0v) is 29.3. The predicted octanol–water partition coefficient (Wildman–Crippen LogP) is 13.5. The molecule has 0 aliphatic heterocycles. The fourth-order valence-electron chi connectivity index (χ4n) is 9.08. The minimum absolute atomic E-state index is 0.217. The molecule has 4 heterocycles. The summed E-state index contributed by atoms with van der Waals surface area (Å²) in [4.78, 5) is 0. The van der Waals surface area contributed by atoms with Gasteiger partial charge in [0.2, 0.25) is 0 Å². The summed E-state index contributed by atoms with van der Waals surface area (Å²) in [5.41, 5.74) is 7.30. The second-order valence-electron chi connectivity index (χ2n) is 14.1. The van der Waals surface area contributed by atoms with Crippen molar-refractivity contribution in [2.24, 2.45) is 0 Å². The average Bonchev–Trinajstić information content (AvgIpc) is 3.98. The largest absolute Gasteiger partial charge is 0.456 e. The average molecular weight is 726 g/mol. The van der Waals surface area contributed by atoms with Gasteiger partial charge in [-0.05, 0) is 72.8 Å². The SMILES string of the molecule is N#Cc1c(-n2c3ccccc3c3ccc4oc5ccccc5c4c32)ccc(-c2c(F)cccc2F)c1-n1c2ccccc2c2ccc3oc4ccccc4c3c21. The first kappa shape index (κ1) is 30.7. The van der Waals surface area contributed by atoms with Gasteiger partial charge in [-0.2, -0.15) is 5.26 Å². The number of halogens is 2. The molecular formula is C49H25F2N3O2. The summed E-state index contributed by atoms with van der Waals surface area (Å²) in [6.07, 6.45) is 0. The predicted molar refractivity (Wildman–Crippen MR) is 220 cm³/mol. The number of aromatic nitrogens is 2. The van der Waals surface area contributed by atoms with E-state index in [1.165, 1.54) is 18.2 Å². The Labute approximate surface area is 316 Å². The molecule has 0 N–H and O–H groups in total. The van der Waals surface area contributed by atoms with Crippen molar-refractivity contribution in [3.8, 4) is 28.6 Å². The van der Waals surface area contributed by atoms with Crippen LogP contribution in [-0.2, 0) is 0 Å². The van der Waals surface area contributed by atoms with Crippen LogP contribution in [-0.4, -0.2) is 9.13 Å². The number of fused-ring (bicyclic) bond motifs is 14. The zero-order valence-electron chi connectivity index (χ0n) is 29.3. The molecule has 0 aliphatic rings. The molecule has 0 aliphatic carbocycles. The molecule has 0 unspecified atom stereocenters. The topological polar surface area (TPSA) is 59.9 Å². The van der Waals surface area contributed by atoms with Gasteiger partial charge in [0, 0.05) is 37.9 Å². The fraction of sp³-hybridized carbons (Fsp3) is 0. The standard InChI is InChI=1S/C49H25F2N3O2/c50-35-14-9-15-36(51)44(35)33-20-23-39(53-37-16-5-1-10-27(37)29-21-24-42-45(48(29)53)31-12-3-7-18-40(31)55-42)34(26-52)47(33)54-38-17-6-2-11-28(38)30-22-25-43-46(49(30)54)32-13-4-8-19-41(32)56-43/h1-25H. The third-order valence-electron chi connectivity index (χ3n) is 11.3. The van der Waals surface area contributed by atoms with Crippen molar-refractivity contribution in [1.82, 2.24) is 9.13 Å². The molecule has 0 atom stereocenters. The van der Waals surface area contributed by atoms with E-state index in [-0.39, 0.29) is 16.7 Å². The summed E-state index contributed by atoms with van der Waals surface area (Å²) in [6.45, 7) is 0. The second-order valence-corrected chi connectivity index (χ2v) is 14.1.